The molecule has 152 valence electrons. The van der Waals surface area contributed by atoms with Gasteiger partial charge in [0.05, 0.1) is 35.6 Å². The van der Waals surface area contributed by atoms with Gasteiger partial charge < -0.3 is 14.6 Å². The molecule has 0 bridgehead atoms. The highest BCUT2D eigenvalue weighted by Crippen LogP contribution is 2.41. The number of carbonyl (C=O) groups is 1. The van der Waals surface area contributed by atoms with Gasteiger partial charge >= 0.3 is 0 Å². The molecule has 0 spiro atoms. The lowest BCUT2D eigenvalue weighted by Crippen LogP contribution is -2.32. The molecule has 29 heavy (non-hydrogen) atoms. The highest BCUT2D eigenvalue weighted by molar-refractivity contribution is 5.92. The van der Waals surface area contributed by atoms with Crippen LogP contribution in [-0.2, 0) is 11.3 Å². The third kappa shape index (κ3) is 3.95. The van der Waals surface area contributed by atoms with E-state index in [9.17, 15) is 13.6 Å². The Kier molecular flexibility index (Phi) is 5.23. The fourth-order valence-corrected chi connectivity index (χ4v) is 3.34. The number of aromatic nitrogens is 4. The molecule has 9 heteroatoms. The van der Waals surface area contributed by atoms with E-state index in [1.165, 1.54) is 12.4 Å². The molecule has 0 radical (unpaired) electrons. The molecule has 1 fully saturated rings. The molecule has 1 aliphatic carbocycles. The summed E-state index contributed by atoms with van der Waals surface area (Å²) in [4.78, 5) is 25.5. The van der Waals surface area contributed by atoms with Crippen LogP contribution in [-0.4, -0.2) is 39.1 Å². The van der Waals surface area contributed by atoms with Crippen molar-refractivity contribution in [3.63, 3.8) is 0 Å². The number of aryl methyl sites for hydroxylation is 1. The highest BCUT2D eigenvalue weighted by atomic mass is 19.2. The number of halogens is 2. The third-order valence-corrected chi connectivity index (χ3v) is 5.01. The molecule has 2 heterocycles. The van der Waals surface area contributed by atoms with Gasteiger partial charge in [-0.2, -0.15) is 0 Å². The van der Waals surface area contributed by atoms with Gasteiger partial charge in [0.1, 0.15) is 11.5 Å². The zero-order valence-corrected chi connectivity index (χ0v) is 16.2. The summed E-state index contributed by atoms with van der Waals surface area (Å²) < 4.78 is 34.6. The Morgan fingerprint density at radius 3 is 2.69 bits per heavy atom. The molecule has 1 atom stereocenters. The van der Waals surface area contributed by atoms with Crippen molar-refractivity contribution < 1.29 is 18.3 Å². The van der Waals surface area contributed by atoms with Crippen molar-refractivity contribution in [2.24, 2.45) is 5.92 Å². The van der Waals surface area contributed by atoms with Crippen molar-refractivity contribution in [3.05, 3.63) is 53.4 Å². The summed E-state index contributed by atoms with van der Waals surface area (Å²) in [6, 6.07) is 1.81. The largest absolute Gasteiger partial charge is 0.383 e. The van der Waals surface area contributed by atoms with Crippen molar-refractivity contribution in [1.82, 2.24) is 24.8 Å². The molecule has 0 saturated heterocycles. The molecule has 3 aromatic rings. The smallest absolute Gasteiger partial charge is 0.272 e. The van der Waals surface area contributed by atoms with Crippen LogP contribution in [0.5, 0.6) is 0 Å². The first-order valence-electron chi connectivity index (χ1n) is 9.41. The van der Waals surface area contributed by atoms with Crippen LogP contribution in [0.2, 0.25) is 0 Å². The highest BCUT2D eigenvalue weighted by Gasteiger charge is 2.37. The van der Waals surface area contributed by atoms with Crippen molar-refractivity contribution in [1.29, 1.82) is 0 Å². The topological polar surface area (TPSA) is 81.9 Å². The lowest BCUT2D eigenvalue weighted by molar-refractivity contribution is 0.0922. The molecule has 2 aromatic heterocycles. The van der Waals surface area contributed by atoms with E-state index >= 15 is 0 Å². The molecule has 1 amide bonds. The first-order valence-corrected chi connectivity index (χ1v) is 9.41. The molecule has 4 rings (SSSR count). The molecule has 1 aromatic carbocycles. The number of nitrogens with zero attached hydrogens (tertiary/aromatic N) is 4. The molecule has 1 N–H and O–H groups in total. The third-order valence-electron chi connectivity index (χ3n) is 5.01. The molecule has 0 unspecified atom stereocenters. The number of amides is 1. The van der Waals surface area contributed by atoms with Gasteiger partial charge in [0.2, 0.25) is 0 Å². The van der Waals surface area contributed by atoms with Gasteiger partial charge in [0, 0.05) is 32.0 Å². The Balaban J connectivity index is 1.72. The fraction of sp³-hybridized carbons (Fsp3) is 0.400. The maximum absolute atomic E-state index is 13.9. The lowest BCUT2D eigenvalue weighted by Gasteiger charge is -2.19. The number of nitrogens with one attached hydrogen (secondary N) is 1. The van der Waals surface area contributed by atoms with E-state index in [0.717, 1.165) is 25.0 Å². The first kappa shape index (κ1) is 19.4. The number of hydrogen-bond donors (Lipinski definition) is 1. The molecule has 7 nitrogen and oxygen atoms in total. The van der Waals surface area contributed by atoms with Crippen LogP contribution < -0.4 is 5.32 Å². The summed E-state index contributed by atoms with van der Waals surface area (Å²) in [5, 5.41) is 2.98. The average molecular weight is 401 g/mol. The normalized spacial score (nSPS) is 14.9. The molecular weight excluding hydrogens is 380 g/mol. The quantitative estimate of drug-likeness (QED) is 0.658. The molecule has 1 saturated carbocycles. The maximum Gasteiger partial charge on any atom is 0.272 e. The number of rotatable bonds is 7. The van der Waals surface area contributed by atoms with Gasteiger partial charge in [0.25, 0.3) is 5.91 Å². The Labute approximate surface area is 166 Å². The minimum absolute atomic E-state index is 0.199. The Bertz CT molecular complexity index is 1050. The number of ether oxygens (including phenoxy) is 1. The number of carbonyl (C=O) groups excluding carboxylic acids is 1. The zero-order chi connectivity index (χ0) is 20.5. The molecule has 1 aliphatic rings. The summed E-state index contributed by atoms with van der Waals surface area (Å²) in [5.41, 5.74) is 1.72. The number of fused-ring (bicyclic) bond motifs is 1. The number of benzene rings is 1. The van der Waals surface area contributed by atoms with Gasteiger partial charge in [-0.1, -0.05) is 0 Å². The van der Waals surface area contributed by atoms with E-state index in [1.807, 2.05) is 0 Å². The van der Waals surface area contributed by atoms with E-state index in [1.54, 1.807) is 18.6 Å². The lowest BCUT2D eigenvalue weighted by atomic mass is 10.1. The second-order valence-electron chi connectivity index (χ2n) is 7.20. The summed E-state index contributed by atoms with van der Waals surface area (Å²) in [6.07, 6.45) is 4.81. The first-order chi connectivity index (χ1) is 14.0. The Hall–Kier alpha value is -2.94. The summed E-state index contributed by atoms with van der Waals surface area (Å²) in [5.74, 6) is -1.51. The van der Waals surface area contributed by atoms with Gasteiger partial charge in [0.15, 0.2) is 11.6 Å². The SMILES string of the molecule is COCCn1c([C@@H](NC(=O)c2cnc(C)cn2)C2CC2)nc2cc(F)c(F)cc21. The van der Waals surface area contributed by atoms with Crippen LogP contribution in [0.3, 0.4) is 0 Å². The monoisotopic (exact) mass is 401 g/mol. The number of methoxy groups -OCH3 is 1. The zero-order valence-electron chi connectivity index (χ0n) is 16.2. The van der Waals surface area contributed by atoms with Gasteiger partial charge in [-0.3, -0.25) is 9.78 Å². The van der Waals surface area contributed by atoms with Gasteiger partial charge in [-0.05, 0) is 25.7 Å². The molecular formula is C20H21F2N5O2. The predicted octanol–water partition coefficient (Wildman–Crippen LogP) is 2.94. The van der Waals surface area contributed by atoms with E-state index in [4.69, 9.17) is 4.74 Å². The van der Waals surface area contributed by atoms with E-state index < -0.39 is 17.7 Å². The van der Waals surface area contributed by atoms with Gasteiger partial charge in [-0.25, -0.2) is 18.7 Å². The van der Waals surface area contributed by atoms with E-state index in [2.05, 4.69) is 20.3 Å². The average Bonchev–Trinajstić information content (AvgIpc) is 3.49. The van der Waals surface area contributed by atoms with Crippen LogP contribution in [0.4, 0.5) is 8.78 Å². The number of hydrogen-bond acceptors (Lipinski definition) is 5. The van der Waals surface area contributed by atoms with Crippen LogP contribution in [0.1, 0.15) is 40.9 Å². The second kappa shape index (κ2) is 7.82. The Morgan fingerprint density at radius 2 is 2.03 bits per heavy atom. The number of imidazole rings is 1. The van der Waals surface area contributed by atoms with E-state index in [0.29, 0.717) is 35.7 Å². The Morgan fingerprint density at radius 1 is 1.28 bits per heavy atom. The van der Waals surface area contributed by atoms with Crippen LogP contribution in [0.15, 0.2) is 24.5 Å². The summed E-state index contributed by atoms with van der Waals surface area (Å²) in [6.45, 7) is 2.56. The van der Waals surface area contributed by atoms with Gasteiger partial charge in [-0.15, -0.1) is 0 Å². The second-order valence-corrected chi connectivity index (χ2v) is 7.20. The standard InChI is InChI=1S/C20H21F2N5O2/c1-11-9-24-16(10-23-11)20(28)26-18(12-3-4-12)19-25-15-7-13(21)14(22)8-17(15)27(19)5-6-29-2/h7-10,12,18H,3-6H2,1-2H3,(H,26,28)/t18-/m0/s1. The van der Waals surface area contributed by atoms with Crippen LogP contribution in [0, 0.1) is 24.5 Å². The molecule has 0 aliphatic heterocycles. The van der Waals surface area contributed by atoms with Crippen molar-refractivity contribution in [2.75, 3.05) is 13.7 Å². The predicted molar refractivity (Wildman–Crippen MR) is 101 cm³/mol. The minimum Gasteiger partial charge on any atom is -0.383 e. The van der Waals surface area contributed by atoms with Crippen LogP contribution in [0.25, 0.3) is 11.0 Å². The van der Waals surface area contributed by atoms with Crippen molar-refractivity contribution in [3.8, 4) is 0 Å². The van der Waals surface area contributed by atoms with Crippen LogP contribution >= 0.6 is 0 Å². The van der Waals surface area contributed by atoms with Crippen molar-refractivity contribution in [2.45, 2.75) is 32.4 Å². The summed E-state index contributed by atoms with van der Waals surface area (Å²) >= 11 is 0. The van der Waals surface area contributed by atoms with E-state index in [-0.39, 0.29) is 17.5 Å². The van der Waals surface area contributed by atoms with Crippen molar-refractivity contribution >= 4 is 16.9 Å². The maximum atomic E-state index is 13.9. The minimum atomic E-state index is -0.956. The summed E-state index contributed by atoms with van der Waals surface area (Å²) in [7, 11) is 1.56. The fourth-order valence-electron chi connectivity index (χ4n) is 3.34.